The van der Waals surface area contributed by atoms with Crippen molar-refractivity contribution in [3.63, 3.8) is 0 Å². The van der Waals surface area contributed by atoms with E-state index < -0.39 is 57.2 Å². The summed E-state index contributed by atoms with van der Waals surface area (Å²) in [4.78, 5) is 48.3. The SMILES string of the molecule is CNC1CC(NC(=N)c2ccc3c(c2)CCC(C(C)(ON=C(C(=O)NC2C(=O)N(OS(=O)(=O)O)C2(C)C)c2csc(N)n2)C(=O)O)O3)C1. The first-order valence-corrected chi connectivity index (χ1v) is 17.0. The van der Waals surface area contributed by atoms with Crippen molar-refractivity contribution in [2.45, 2.75) is 81.8 Å². The number of hydrogen-bond acceptors (Lipinski definition) is 14. The monoisotopic (exact) mass is 708 g/mol. The average molecular weight is 709 g/mol. The number of aryl methyl sites for hydroxylation is 1. The maximum atomic E-state index is 13.4. The minimum absolute atomic E-state index is 0.0593. The number of fused-ring (bicyclic) bond motifs is 1. The summed E-state index contributed by atoms with van der Waals surface area (Å²) in [6, 6.07) is 4.51. The number of carbonyl (C=O) groups is 3. The number of carboxylic acids is 1. The molecule has 2 fully saturated rings. The molecule has 1 aromatic carbocycles. The van der Waals surface area contributed by atoms with Gasteiger partial charge in [0.2, 0.25) is 0 Å². The second-order valence-electron chi connectivity index (χ2n) is 12.4. The molecule has 5 rings (SSSR count). The summed E-state index contributed by atoms with van der Waals surface area (Å²) in [5, 5.41) is 33.3. The van der Waals surface area contributed by atoms with Crippen molar-refractivity contribution in [3.05, 3.63) is 40.4 Å². The molecule has 1 aliphatic carbocycles. The van der Waals surface area contributed by atoms with Gasteiger partial charge in [-0.1, -0.05) is 5.16 Å². The Hall–Kier alpha value is -4.37. The minimum Gasteiger partial charge on any atom is -0.485 e. The summed E-state index contributed by atoms with van der Waals surface area (Å²) in [6.45, 7) is 3.98. The minimum atomic E-state index is -5.03. The topological polar surface area (TPSA) is 268 Å². The normalized spacial score (nSPS) is 24.6. The summed E-state index contributed by atoms with van der Waals surface area (Å²) >= 11 is 0.965. The lowest BCUT2D eigenvalue weighted by Gasteiger charge is -2.50. The Morgan fingerprint density at radius 3 is 2.56 bits per heavy atom. The fourth-order valence-corrected chi connectivity index (χ4v) is 6.59. The zero-order valence-corrected chi connectivity index (χ0v) is 28.0. The van der Waals surface area contributed by atoms with Gasteiger partial charge in [0.25, 0.3) is 17.4 Å². The maximum Gasteiger partial charge on any atom is 0.418 e. The van der Waals surface area contributed by atoms with E-state index in [9.17, 15) is 27.9 Å². The highest BCUT2D eigenvalue weighted by molar-refractivity contribution is 7.80. The number of nitrogens with zero attached hydrogens (tertiary/aromatic N) is 3. The van der Waals surface area contributed by atoms with E-state index in [0.29, 0.717) is 28.8 Å². The van der Waals surface area contributed by atoms with Crippen LogP contribution in [0, 0.1) is 5.41 Å². The Bertz CT molecular complexity index is 1770. The van der Waals surface area contributed by atoms with Crippen LogP contribution < -0.4 is 26.4 Å². The molecular weight excluding hydrogens is 672 g/mol. The molecule has 0 radical (unpaired) electrons. The number of ether oxygens (including phenoxy) is 1. The molecule has 0 spiro atoms. The number of thiazole rings is 1. The number of nitrogens with two attached hydrogens (primary N) is 1. The predicted molar refractivity (Wildman–Crippen MR) is 171 cm³/mol. The molecule has 3 heterocycles. The van der Waals surface area contributed by atoms with Crippen molar-refractivity contribution in [1.29, 1.82) is 5.41 Å². The lowest BCUT2D eigenvalue weighted by Crippen LogP contribution is -2.76. The van der Waals surface area contributed by atoms with Gasteiger partial charge < -0.3 is 36.4 Å². The third kappa shape index (κ3) is 6.92. The molecule has 18 nitrogen and oxygen atoms in total. The first kappa shape index (κ1) is 35.0. The van der Waals surface area contributed by atoms with E-state index in [1.165, 1.54) is 26.2 Å². The van der Waals surface area contributed by atoms with Crippen LogP contribution in [0.2, 0.25) is 0 Å². The van der Waals surface area contributed by atoms with Crippen LogP contribution in [0.5, 0.6) is 5.75 Å². The van der Waals surface area contributed by atoms with E-state index in [2.05, 4.69) is 30.4 Å². The molecule has 3 aliphatic rings. The maximum absolute atomic E-state index is 13.4. The van der Waals surface area contributed by atoms with E-state index in [0.717, 1.165) is 29.7 Å². The van der Waals surface area contributed by atoms with Crippen LogP contribution in [0.3, 0.4) is 0 Å². The molecule has 0 bridgehead atoms. The molecule has 2 aliphatic heterocycles. The zero-order valence-electron chi connectivity index (χ0n) is 26.3. The van der Waals surface area contributed by atoms with Crippen LogP contribution in [0.25, 0.3) is 0 Å². The number of nitrogens with one attached hydrogen (secondary N) is 4. The third-order valence-electron chi connectivity index (χ3n) is 8.66. The number of amides is 2. The highest BCUT2D eigenvalue weighted by Gasteiger charge is 2.58. The molecule has 20 heteroatoms. The van der Waals surface area contributed by atoms with Gasteiger partial charge in [0.05, 0.1) is 5.54 Å². The number of amidine groups is 1. The van der Waals surface area contributed by atoms with Gasteiger partial charge in [-0.15, -0.1) is 15.6 Å². The number of β-lactam (4-membered cyclic amide) rings is 1. The van der Waals surface area contributed by atoms with Crippen LogP contribution in [0.1, 0.15) is 56.9 Å². The molecule has 260 valence electrons. The second kappa shape index (κ2) is 12.9. The van der Waals surface area contributed by atoms with Crippen molar-refractivity contribution in [2.24, 2.45) is 5.16 Å². The van der Waals surface area contributed by atoms with Crippen molar-refractivity contribution < 1.29 is 46.3 Å². The van der Waals surface area contributed by atoms with Crippen molar-refractivity contribution >= 4 is 56.2 Å². The summed E-state index contributed by atoms with van der Waals surface area (Å²) in [7, 11) is -3.12. The number of hydroxylamine groups is 2. The van der Waals surface area contributed by atoms with E-state index in [1.807, 2.05) is 13.1 Å². The lowest BCUT2D eigenvalue weighted by molar-refractivity contribution is -0.218. The fourth-order valence-electron chi connectivity index (χ4n) is 5.59. The summed E-state index contributed by atoms with van der Waals surface area (Å²) in [5.74, 6) is -2.75. The van der Waals surface area contributed by atoms with Crippen LogP contribution >= 0.6 is 11.3 Å². The molecular formula is C28H36N8O10S2. The van der Waals surface area contributed by atoms with Gasteiger partial charge in [0.15, 0.2) is 16.9 Å². The van der Waals surface area contributed by atoms with Crippen LogP contribution in [-0.2, 0) is 40.3 Å². The molecule has 3 unspecified atom stereocenters. The molecule has 8 N–H and O–H groups in total. The highest BCUT2D eigenvalue weighted by atomic mass is 32.3. The molecule has 1 saturated carbocycles. The van der Waals surface area contributed by atoms with E-state index in [1.54, 1.807) is 12.1 Å². The molecule has 1 aromatic heterocycles. The van der Waals surface area contributed by atoms with Gasteiger partial charge in [0, 0.05) is 23.0 Å². The number of oxime groups is 1. The second-order valence-corrected chi connectivity index (χ2v) is 14.2. The van der Waals surface area contributed by atoms with Gasteiger partial charge in [-0.2, -0.15) is 13.5 Å². The Balaban J connectivity index is 1.32. The predicted octanol–water partition coefficient (Wildman–Crippen LogP) is 0.188. The molecule has 48 heavy (non-hydrogen) atoms. The van der Waals surface area contributed by atoms with Crippen molar-refractivity contribution in [1.82, 2.24) is 26.0 Å². The number of hydrogen-bond donors (Lipinski definition) is 7. The fraction of sp³-hybridized carbons (Fsp3) is 0.500. The number of anilines is 1. The van der Waals surface area contributed by atoms with Gasteiger partial charge in [-0.05, 0) is 77.3 Å². The summed E-state index contributed by atoms with van der Waals surface area (Å²) in [5.41, 5.74) is 3.05. The third-order valence-corrected chi connectivity index (χ3v) is 9.67. The number of benzene rings is 1. The number of rotatable bonds is 12. The first-order valence-electron chi connectivity index (χ1n) is 14.8. The Morgan fingerprint density at radius 1 is 1.27 bits per heavy atom. The summed E-state index contributed by atoms with van der Waals surface area (Å²) < 4.78 is 41.7. The molecule has 2 amide bonds. The number of carbonyl (C=O) groups excluding carboxylic acids is 2. The van der Waals surface area contributed by atoms with E-state index >= 15 is 0 Å². The van der Waals surface area contributed by atoms with Crippen molar-refractivity contribution in [3.8, 4) is 5.75 Å². The van der Waals surface area contributed by atoms with Crippen LogP contribution in [-0.4, -0.2) is 99.9 Å². The molecule has 1 saturated heterocycles. The van der Waals surface area contributed by atoms with Gasteiger partial charge >= 0.3 is 16.4 Å². The zero-order chi connectivity index (χ0) is 35.2. The summed E-state index contributed by atoms with van der Waals surface area (Å²) in [6.07, 6.45) is 1.38. The van der Waals surface area contributed by atoms with Crippen molar-refractivity contribution in [2.75, 3.05) is 12.8 Å². The number of nitrogen functional groups attached to an aromatic ring is 1. The number of aromatic nitrogens is 1. The Labute approximate surface area is 279 Å². The van der Waals surface area contributed by atoms with Gasteiger partial charge in [-0.25, -0.2) is 9.78 Å². The highest BCUT2D eigenvalue weighted by Crippen LogP contribution is 2.35. The smallest absolute Gasteiger partial charge is 0.418 e. The quantitative estimate of drug-likeness (QED) is 0.0510. The average Bonchev–Trinajstić information content (AvgIpc) is 3.44. The Kier molecular flexibility index (Phi) is 9.40. The number of carboxylic acid groups (broad SMARTS) is 1. The van der Waals surface area contributed by atoms with Crippen LogP contribution in [0.15, 0.2) is 28.7 Å². The largest absolute Gasteiger partial charge is 0.485 e. The lowest BCUT2D eigenvalue weighted by atomic mass is 9.84. The first-order chi connectivity index (χ1) is 22.4. The molecule has 3 atom stereocenters. The van der Waals surface area contributed by atoms with Crippen LogP contribution in [0.4, 0.5) is 5.13 Å². The van der Waals surface area contributed by atoms with Gasteiger partial charge in [0.1, 0.15) is 23.3 Å². The standard InChI is InChI=1S/C28H36N8O10S2/c1-27(2)21(24(38)36(27)46-48(41,42)43)34-23(37)20(17-12-47-26(30)33-17)35-45-28(3,25(39)40)19-8-6-13-9-14(5-7-18(13)44-19)22(29)32-16-10-15(11-16)31-4/h5,7,9,12,15-16,19,21,31H,6,8,10-11H2,1-4H3,(H2,29,32)(H2,30,33)(H,34,37)(H,39,40)(H,41,42,43). The van der Waals surface area contributed by atoms with Gasteiger partial charge in [-0.3, -0.25) is 19.6 Å². The van der Waals surface area contributed by atoms with E-state index in [-0.39, 0.29) is 29.1 Å². The number of aliphatic carboxylic acids is 1. The molecule has 2 aromatic rings. The Morgan fingerprint density at radius 2 is 1.98 bits per heavy atom. The van der Waals surface area contributed by atoms with E-state index in [4.69, 9.17) is 25.3 Å².